The SMILES string of the molecule is CCc1nn(C)cc1NC[C@@H](C)O. The van der Waals surface area contributed by atoms with Crippen LogP contribution in [0.2, 0.25) is 0 Å². The molecule has 0 spiro atoms. The zero-order chi connectivity index (χ0) is 9.84. The molecule has 0 aromatic carbocycles. The summed E-state index contributed by atoms with van der Waals surface area (Å²) in [5, 5.41) is 16.5. The number of aromatic nitrogens is 2. The summed E-state index contributed by atoms with van der Waals surface area (Å²) in [5.41, 5.74) is 2.06. The van der Waals surface area contributed by atoms with Gasteiger partial charge in [-0.05, 0) is 13.3 Å². The Morgan fingerprint density at radius 2 is 2.38 bits per heavy atom. The van der Waals surface area contributed by atoms with E-state index in [9.17, 15) is 0 Å². The van der Waals surface area contributed by atoms with Crippen LogP contribution in [0.1, 0.15) is 19.5 Å². The van der Waals surface area contributed by atoms with E-state index in [0.717, 1.165) is 17.8 Å². The Labute approximate surface area is 78.6 Å². The summed E-state index contributed by atoms with van der Waals surface area (Å²) in [6.07, 6.45) is 2.51. The van der Waals surface area contributed by atoms with Gasteiger partial charge in [-0.2, -0.15) is 5.10 Å². The van der Waals surface area contributed by atoms with E-state index < -0.39 is 0 Å². The second-order valence-electron chi connectivity index (χ2n) is 3.25. The van der Waals surface area contributed by atoms with E-state index in [4.69, 9.17) is 5.11 Å². The molecule has 0 aliphatic rings. The molecule has 0 bridgehead atoms. The summed E-state index contributed by atoms with van der Waals surface area (Å²) in [6, 6.07) is 0. The monoisotopic (exact) mass is 183 g/mol. The van der Waals surface area contributed by atoms with Crippen molar-refractivity contribution >= 4 is 5.69 Å². The van der Waals surface area contributed by atoms with E-state index in [1.807, 2.05) is 13.2 Å². The predicted octanol–water partition coefficient (Wildman–Crippen LogP) is 0.775. The summed E-state index contributed by atoms with van der Waals surface area (Å²) in [7, 11) is 1.90. The molecule has 13 heavy (non-hydrogen) atoms. The molecule has 4 heteroatoms. The van der Waals surface area contributed by atoms with E-state index in [-0.39, 0.29) is 6.10 Å². The first-order valence-electron chi connectivity index (χ1n) is 4.58. The topological polar surface area (TPSA) is 50.1 Å². The zero-order valence-electron chi connectivity index (χ0n) is 8.41. The van der Waals surface area contributed by atoms with Crippen LogP contribution in [0.3, 0.4) is 0 Å². The van der Waals surface area contributed by atoms with Crippen molar-refractivity contribution in [2.24, 2.45) is 7.05 Å². The number of nitrogens with zero attached hydrogens (tertiary/aromatic N) is 2. The molecule has 1 aromatic heterocycles. The Balaban J connectivity index is 2.64. The highest BCUT2D eigenvalue weighted by Gasteiger charge is 2.05. The van der Waals surface area contributed by atoms with Crippen molar-refractivity contribution in [3.05, 3.63) is 11.9 Å². The number of hydrogen-bond donors (Lipinski definition) is 2. The summed E-state index contributed by atoms with van der Waals surface area (Å²) in [4.78, 5) is 0. The normalized spacial score (nSPS) is 12.9. The van der Waals surface area contributed by atoms with Crippen LogP contribution in [-0.4, -0.2) is 27.5 Å². The van der Waals surface area contributed by atoms with Gasteiger partial charge in [-0.25, -0.2) is 0 Å². The molecule has 1 atom stereocenters. The van der Waals surface area contributed by atoms with Crippen molar-refractivity contribution in [3.8, 4) is 0 Å². The molecule has 0 aliphatic carbocycles. The first kappa shape index (κ1) is 10.1. The highest BCUT2D eigenvalue weighted by molar-refractivity contribution is 5.46. The van der Waals surface area contributed by atoms with Gasteiger partial charge in [0.15, 0.2) is 0 Å². The fourth-order valence-corrected chi connectivity index (χ4v) is 1.20. The molecule has 4 nitrogen and oxygen atoms in total. The summed E-state index contributed by atoms with van der Waals surface area (Å²) in [6.45, 7) is 4.39. The molecule has 0 amide bonds. The van der Waals surface area contributed by atoms with Gasteiger partial charge < -0.3 is 10.4 Å². The fraction of sp³-hybridized carbons (Fsp3) is 0.667. The van der Waals surface area contributed by atoms with Crippen LogP contribution in [0.25, 0.3) is 0 Å². The van der Waals surface area contributed by atoms with Crippen molar-refractivity contribution in [2.45, 2.75) is 26.4 Å². The minimum Gasteiger partial charge on any atom is -0.392 e. The highest BCUT2D eigenvalue weighted by atomic mass is 16.3. The molecule has 0 radical (unpaired) electrons. The average Bonchev–Trinajstić information content (AvgIpc) is 2.42. The summed E-state index contributed by atoms with van der Waals surface area (Å²) >= 11 is 0. The Morgan fingerprint density at radius 1 is 1.69 bits per heavy atom. The fourth-order valence-electron chi connectivity index (χ4n) is 1.20. The van der Waals surface area contributed by atoms with Crippen LogP contribution < -0.4 is 5.32 Å². The van der Waals surface area contributed by atoms with Crippen molar-refractivity contribution < 1.29 is 5.11 Å². The van der Waals surface area contributed by atoms with Gasteiger partial charge in [-0.1, -0.05) is 6.92 Å². The predicted molar refractivity (Wildman–Crippen MR) is 52.8 cm³/mol. The van der Waals surface area contributed by atoms with Gasteiger partial charge in [0.1, 0.15) is 0 Å². The first-order valence-corrected chi connectivity index (χ1v) is 4.58. The van der Waals surface area contributed by atoms with E-state index in [0.29, 0.717) is 6.54 Å². The molecule has 0 saturated heterocycles. The van der Waals surface area contributed by atoms with Crippen molar-refractivity contribution in [2.75, 3.05) is 11.9 Å². The lowest BCUT2D eigenvalue weighted by atomic mass is 10.3. The largest absolute Gasteiger partial charge is 0.392 e. The van der Waals surface area contributed by atoms with Crippen LogP contribution in [0.5, 0.6) is 0 Å². The maximum atomic E-state index is 9.09. The highest BCUT2D eigenvalue weighted by Crippen LogP contribution is 2.13. The molecule has 2 N–H and O–H groups in total. The van der Waals surface area contributed by atoms with E-state index in [2.05, 4.69) is 17.3 Å². The van der Waals surface area contributed by atoms with Gasteiger partial charge in [0, 0.05) is 19.8 Å². The van der Waals surface area contributed by atoms with Gasteiger partial charge in [-0.3, -0.25) is 4.68 Å². The number of rotatable bonds is 4. The van der Waals surface area contributed by atoms with E-state index in [1.165, 1.54) is 0 Å². The first-order chi connectivity index (χ1) is 6.13. The van der Waals surface area contributed by atoms with Crippen molar-refractivity contribution in [1.29, 1.82) is 0 Å². The third-order valence-electron chi connectivity index (χ3n) is 1.83. The Kier molecular flexibility index (Phi) is 3.31. The van der Waals surface area contributed by atoms with Gasteiger partial charge in [0.25, 0.3) is 0 Å². The minimum atomic E-state index is -0.329. The lowest BCUT2D eigenvalue weighted by molar-refractivity contribution is 0.208. The summed E-state index contributed by atoms with van der Waals surface area (Å²) < 4.78 is 1.78. The maximum absolute atomic E-state index is 9.09. The Bertz CT molecular complexity index is 268. The van der Waals surface area contributed by atoms with Crippen LogP contribution in [0.4, 0.5) is 5.69 Å². The maximum Gasteiger partial charge on any atom is 0.0853 e. The van der Waals surface area contributed by atoms with Crippen LogP contribution in [0.15, 0.2) is 6.20 Å². The third-order valence-corrected chi connectivity index (χ3v) is 1.83. The quantitative estimate of drug-likeness (QED) is 0.725. The van der Waals surface area contributed by atoms with E-state index in [1.54, 1.807) is 11.6 Å². The standard InChI is InChI=1S/C9H17N3O/c1-4-8-9(6-12(3)11-8)10-5-7(2)13/h6-7,10,13H,4-5H2,1-3H3/t7-/m1/s1. The van der Waals surface area contributed by atoms with Gasteiger partial charge in [0.2, 0.25) is 0 Å². The van der Waals surface area contributed by atoms with Gasteiger partial charge >= 0.3 is 0 Å². The average molecular weight is 183 g/mol. The van der Waals surface area contributed by atoms with Crippen LogP contribution in [-0.2, 0) is 13.5 Å². The van der Waals surface area contributed by atoms with Crippen molar-refractivity contribution in [1.82, 2.24) is 9.78 Å². The number of aliphatic hydroxyl groups is 1. The zero-order valence-corrected chi connectivity index (χ0v) is 8.41. The number of nitrogens with one attached hydrogen (secondary N) is 1. The van der Waals surface area contributed by atoms with Crippen LogP contribution in [0, 0.1) is 0 Å². The molecular weight excluding hydrogens is 166 g/mol. The molecule has 1 heterocycles. The smallest absolute Gasteiger partial charge is 0.0853 e. The lowest BCUT2D eigenvalue weighted by Gasteiger charge is -2.06. The second-order valence-corrected chi connectivity index (χ2v) is 3.25. The van der Waals surface area contributed by atoms with E-state index >= 15 is 0 Å². The lowest BCUT2D eigenvalue weighted by Crippen LogP contribution is -2.15. The summed E-state index contributed by atoms with van der Waals surface area (Å²) in [5.74, 6) is 0. The molecule has 74 valence electrons. The Hall–Kier alpha value is -1.03. The minimum absolute atomic E-state index is 0.329. The van der Waals surface area contributed by atoms with Gasteiger partial charge in [0.05, 0.1) is 17.5 Å². The molecular formula is C9H17N3O. The molecule has 0 fully saturated rings. The number of anilines is 1. The molecule has 0 aliphatic heterocycles. The molecule has 0 saturated carbocycles. The number of aliphatic hydroxyl groups excluding tert-OH is 1. The molecule has 1 aromatic rings. The number of aryl methyl sites for hydroxylation is 2. The van der Waals surface area contributed by atoms with Gasteiger partial charge in [-0.15, -0.1) is 0 Å². The number of hydrogen-bond acceptors (Lipinski definition) is 3. The van der Waals surface area contributed by atoms with Crippen LogP contribution >= 0.6 is 0 Å². The molecule has 0 unspecified atom stereocenters. The molecule has 1 rings (SSSR count). The second kappa shape index (κ2) is 4.28. The third kappa shape index (κ3) is 2.73. The van der Waals surface area contributed by atoms with Crippen molar-refractivity contribution in [3.63, 3.8) is 0 Å². The Morgan fingerprint density at radius 3 is 2.92 bits per heavy atom.